The van der Waals surface area contributed by atoms with Gasteiger partial charge in [-0.25, -0.2) is 4.79 Å². The van der Waals surface area contributed by atoms with Crippen LogP contribution < -0.4 is 10.6 Å². The number of nitrogens with one attached hydrogen (secondary N) is 2. The molecule has 5 heteroatoms. The van der Waals surface area contributed by atoms with Crippen LogP contribution in [0.15, 0.2) is 0 Å². The van der Waals surface area contributed by atoms with Crippen LogP contribution in [0, 0.1) is 5.92 Å². The van der Waals surface area contributed by atoms with E-state index in [1.165, 1.54) is 0 Å². The molecule has 2 heterocycles. The maximum Gasteiger partial charge on any atom is 0.317 e. The third-order valence-electron chi connectivity index (χ3n) is 3.32. The van der Waals surface area contributed by atoms with E-state index in [2.05, 4.69) is 10.6 Å². The van der Waals surface area contributed by atoms with Gasteiger partial charge in [-0.1, -0.05) is 0 Å². The molecule has 0 bridgehead atoms. The van der Waals surface area contributed by atoms with Crippen molar-refractivity contribution >= 4 is 6.03 Å². The van der Waals surface area contributed by atoms with E-state index in [1.54, 1.807) is 0 Å². The molecular weight excluding hydrogens is 206 g/mol. The Hall–Kier alpha value is -0.810. The molecule has 0 aromatic rings. The summed E-state index contributed by atoms with van der Waals surface area (Å²) in [4.78, 5) is 13.8. The van der Waals surface area contributed by atoms with Crippen LogP contribution in [0.25, 0.3) is 0 Å². The Morgan fingerprint density at radius 2 is 2.38 bits per heavy atom. The number of ether oxygens (including phenoxy) is 1. The normalized spacial score (nSPS) is 29.7. The van der Waals surface area contributed by atoms with E-state index in [0.29, 0.717) is 12.5 Å². The molecule has 0 aromatic heterocycles. The summed E-state index contributed by atoms with van der Waals surface area (Å²) in [5.41, 5.74) is 0. The SMILES string of the molecule is CNCC1CCN(C(=O)NC2CCOC2)C1. The number of urea groups is 1. The third kappa shape index (κ3) is 2.86. The minimum Gasteiger partial charge on any atom is -0.379 e. The van der Waals surface area contributed by atoms with Crippen LogP contribution in [-0.4, -0.2) is 56.9 Å². The number of likely N-dealkylation sites (tertiary alicyclic amines) is 1. The van der Waals surface area contributed by atoms with Crippen LogP contribution in [0.5, 0.6) is 0 Å². The predicted octanol–water partition coefficient (Wildman–Crippen LogP) is 0.0262. The zero-order valence-electron chi connectivity index (χ0n) is 9.87. The van der Waals surface area contributed by atoms with E-state index in [9.17, 15) is 4.79 Å². The van der Waals surface area contributed by atoms with Crippen LogP contribution in [-0.2, 0) is 4.74 Å². The Morgan fingerprint density at radius 1 is 1.50 bits per heavy atom. The number of carbonyl (C=O) groups is 1. The molecule has 2 fully saturated rings. The maximum absolute atomic E-state index is 11.9. The van der Waals surface area contributed by atoms with Crippen molar-refractivity contribution in [3.05, 3.63) is 0 Å². The molecule has 2 aliphatic heterocycles. The summed E-state index contributed by atoms with van der Waals surface area (Å²) in [6.45, 7) is 4.19. The lowest BCUT2D eigenvalue weighted by atomic mass is 10.1. The standard InChI is InChI=1S/C11H21N3O2/c1-12-6-9-2-4-14(7-9)11(15)13-10-3-5-16-8-10/h9-10,12H,2-8H2,1H3,(H,13,15). The minimum atomic E-state index is 0.0779. The largest absolute Gasteiger partial charge is 0.379 e. The van der Waals surface area contributed by atoms with Gasteiger partial charge < -0.3 is 20.3 Å². The summed E-state index contributed by atoms with van der Waals surface area (Å²) in [5, 5.41) is 6.19. The first-order chi connectivity index (χ1) is 7.79. The molecule has 2 atom stereocenters. The van der Waals surface area contributed by atoms with Gasteiger partial charge in [0.25, 0.3) is 0 Å². The number of hydrogen-bond acceptors (Lipinski definition) is 3. The second-order valence-corrected chi connectivity index (χ2v) is 4.67. The fourth-order valence-corrected chi connectivity index (χ4v) is 2.39. The zero-order valence-corrected chi connectivity index (χ0v) is 9.87. The van der Waals surface area contributed by atoms with Crippen molar-refractivity contribution < 1.29 is 9.53 Å². The molecule has 0 radical (unpaired) electrons. The van der Waals surface area contributed by atoms with Crippen molar-refractivity contribution in [2.75, 3.05) is 39.9 Å². The Kier molecular flexibility index (Phi) is 4.01. The van der Waals surface area contributed by atoms with Gasteiger partial charge in [-0.15, -0.1) is 0 Å². The molecule has 2 unspecified atom stereocenters. The van der Waals surface area contributed by atoms with Crippen LogP contribution >= 0.6 is 0 Å². The quantitative estimate of drug-likeness (QED) is 0.715. The van der Waals surface area contributed by atoms with Crippen molar-refractivity contribution in [1.82, 2.24) is 15.5 Å². The van der Waals surface area contributed by atoms with E-state index >= 15 is 0 Å². The lowest BCUT2D eigenvalue weighted by Crippen LogP contribution is -2.44. The fourth-order valence-electron chi connectivity index (χ4n) is 2.39. The molecule has 2 aliphatic rings. The number of amides is 2. The third-order valence-corrected chi connectivity index (χ3v) is 3.32. The second kappa shape index (κ2) is 5.50. The van der Waals surface area contributed by atoms with Gasteiger partial charge in [0.2, 0.25) is 0 Å². The number of rotatable bonds is 3. The summed E-state index contributed by atoms with van der Waals surface area (Å²) >= 11 is 0. The summed E-state index contributed by atoms with van der Waals surface area (Å²) in [7, 11) is 1.96. The average molecular weight is 227 g/mol. The lowest BCUT2D eigenvalue weighted by molar-refractivity contribution is 0.181. The monoisotopic (exact) mass is 227 g/mol. The van der Waals surface area contributed by atoms with Gasteiger partial charge in [0.15, 0.2) is 0 Å². The van der Waals surface area contributed by atoms with Crippen molar-refractivity contribution in [2.24, 2.45) is 5.92 Å². The summed E-state index contributed by atoms with van der Waals surface area (Å²) in [6.07, 6.45) is 2.05. The first kappa shape index (κ1) is 11.7. The topological polar surface area (TPSA) is 53.6 Å². The molecule has 92 valence electrons. The minimum absolute atomic E-state index is 0.0779. The highest BCUT2D eigenvalue weighted by Gasteiger charge is 2.27. The van der Waals surface area contributed by atoms with Crippen LogP contribution in [0.1, 0.15) is 12.8 Å². The van der Waals surface area contributed by atoms with E-state index in [0.717, 1.165) is 39.1 Å². The molecule has 2 amide bonds. The van der Waals surface area contributed by atoms with Crippen LogP contribution in [0.3, 0.4) is 0 Å². The van der Waals surface area contributed by atoms with Gasteiger partial charge in [0, 0.05) is 19.7 Å². The molecule has 0 spiro atoms. The van der Waals surface area contributed by atoms with Crippen molar-refractivity contribution in [3.63, 3.8) is 0 Å². The summed E-state index contributed by atoms with van der Waals surface area (Å²) in [5.74, 6) is 0.607. The van der Waals surface area contributed by atoms with Gasteiger partial charge in [-0.05, 0) is 32.4 Å². The molecule has 0 aliphatic carbocycles. The van der Waals surface area contributed by atoms with Crippen molar-refractivity contribution in [3.8, 4) is 0 Å². The van der Waals surface area contributed by atoms with E-state index in [-0.39, 0.29) is 12.1 Å². The molecule has 2 saturated heterocycles. The van der Waals surface area contributed by atoms with Gasteiger partial charge in [-0.3, -0.25) is 0 Å². The van der Waals surface area contributed by atoms with Crippen LogP contribution in [0.2, 0.25) is 0 Å². The lowest BCUT2D eigenvalue weighted by Gasteiger charge is -2.19. The first-order valence-electron chi connectivity index (χ1n) is 6.07. The van der Waals surface area contributed by atoms with E-state index in [4.69, 9.17) is 4.74 Å². The number of hydrogen-bond donors (Lipinski definition) is 2. The highest BCUT2D eigenvalue weighted by Crippen LogP contribution is 2.15. The highest BCUT2D eigenvalue weighted by molar-refractivity contribution is 5.74. The fraction of sp³-hybridized carbons (Fsp3) is 0.909. The van der Waals surface area contributed by atoms with Crippen LogP contribution in [0.4, 0.5) is 4.79 Å². The summed E-state index contributed by atoms with van der Waals surface area (Å²) < 4.78 is 5.24. The van der Waals surface area contributed by atoms with Crippen molar-refractivity contribution in [1.29, 1.82) is 0 Å². The molecule has 0 saturated carbocycles. The molecule has 16 heavy (non-hydrogen) atoms. The molecule has 5 nitrogen and oxygen atoms in total. The smallest absolute Gasteiger partial charge is 0.317 e. The maximum atomic E-state index is 11.9. The van der Waals surface area contributed by atoms with Gasteiger partial charge in [0.05, 0.1) is 12.6 Å². The predicted molar refractivity (Wildman–Crippen MR) is 61.4 cm³/mol. The Bertz CT molecular complexity index is 241. The Morgan fingerprint density at radius 3 is 3.06 bits per heavy atom. The number of nitrogens with zero attached hydrogens (tertiary/aromatic N) is 1. The highest BCUT2D eigenvalue weighted by atomic mass is 16.5. The van der Waals surface area contributed by atoms with E-state index < -0.39 is 0 Å². The second-order valence-electron chi connectivity index (χ2n) is 4.67. The zero-order chi connectivity index (χ0) is 11.4. The Balaban J connectivity index is 1.73. The first-order valence-corrected chi connectivity index (χ1v) is 6.07. The van der Waals surface area contributed by atoms with Gasteiger partial charge >= 0.3 is 6.03 Å². The van der Waals surface area contributed by atoms with Crippen molar-refractivity contribution in [2.45, 2.75) is 18.9 Å². The van der Waals surface area contributed by atoms with Gasteiger partial charge in [0.1, 0.15) is 0 Å². The molecular formula is C11H21N3O2. The van der Waals surface area contributed by atoms with E-state index in [1.807, 2.05) is 11.9 Å². The molecule has 0 aromatic carbocycles. The van der Waals surface area contributed by atoms with Gasteiger partial charge in [-0.2, -0.15) is 0 Å². The molecule has 2 N–H and O–H groups in total. The number of carbonyl (C=O) groups excluding carboxylic acids is 1. The summed E-state index contributed by atoms with van der Waals surface area (Å²) in [6, 6.07) is 0.296. The Labute approximate surface area is 96.5 Å². The molecule has 2 rings (SSSR count). The average Bonchev–Trinajstić information content (AvgIpc) is 2.89.